The van der Waals surface area contributed by atoms with E-state index in [1.165, 1.54) is 6.07 Å². The van der Waals surface area contributed by atoms with Gasteiger partial charge in [0.15, 0.2) is 0 Å². The van der Waals surface area contributed by atoms with Gasteiger partial charge in [-0.3, -0.25) is 4.79 Å². The minimum absolute atomic E-state index is 0.146. The number of hydrogen-bond acceptors (Lipinski definition) is 3. The van der Waals surface area contributed by atoms with Gasteiger partial charge in [0.2, 0.25) is 5.91 Å². The van der Waals surface area contributed by atoms with Gasteiger partial charge >= 0.3 is 0 Å². The van der Waals surface area contributed by atoms with Gasteiger partial charge in [0.05, 0.1) is 23.6 Å². The first-order valence-electron chi connectivity index (χ1n) is 9.34. The molecular formula is C21H21ClFN3O2. The van der Waals surface area contributed by atoms with Gasteiger partial charge in [-0.25, -0.2) is 9.37 Å². The van der Waals surface area contributed by atoms with E-state index in [1.807, 2.05) is 35.8 Å². The topological polar surface area (TPSA) is 56.1 Å². The van der Waals surface area contributed by atoms with Crippen LogP contribution in [0.5, 0.6) is 0 Å². The largest absolute Gasteiger partial charge is 0.368 e. The molecule has 1 N–H and O–H groups in total. The summed E-state index contributed by atoms with van der Waals surface area (Å²) >= 11 is 6.24. The zero-order valence-corrected chi connectivity index (χ0v) is 16.2. The highest BCUT2D eigenvalue weighted by Crippen LogP contribution is 2.26. The summed E-state index contributed by atoms with van der Waals surface area (Å²) in [7, 11) is 0. The molecule has 2 unspecified atom stereocenters. The lowest BCUT2D eigenvalue weighted by molar-refractivity contribution is -0.130. The van der Waals surface area contributed by atoms with Crippen LogP contribution in [-0.2, 0) is 16.1 Å². The smallest absolute Gasteiger partial charge is 0.249 e. The fourth-order valence-corrected chi connectivity index (χ4v) is 3.81. The summed E-state index contributed by atoms with van der Waals surface area (Å²) in [5.74, 6) is 0.131. The van der Waals surface area contributed by atoms with Gasteiger partial charge in [-0.05, 0) is 44.0 Å². The first-order valence-corrected chi connectivity index (χ1v) is 9.72. The number of nitrogens with zero attached hydrogens (tertiary/aromatic N) is 2. The molecule has 0 aliphatic carbocycles. The van der Waals surface area contributed by atoms with Crippen LogP contribution in [-0.4, -0.2) is 28.2 Å². The Balaban J connectivity index is 1.69. The Bertz CT molecular complexity index is 994. The molecule has 0 bridgehead atoms. The van der Waals surface area contributed by atoms with Gasteiger partial charge in [-0.15, -0.1) is 0 Å². The van der Waals surface area contributed by atoms with Crippen molar-refractivity contribution < 1.29 is 13.9 Å². The quantitative estimate of drug-likeness (QED) is 0.696. The lowest BCUT2D eigenvalue weighted by Gasteiger charge is -2.19. The lowest BCUT2D eigenvalue weighted by Crippen LogP contribution is -2.36. The molecule has 5 nitrogen and oxygen atoms in total. The molecule has 1 amide bonds. The number of ether oxygens (including phenoxy) is 1. The van der Waals surface area contributed by atoms with Gasteiger partial charge < -0.3 is 14.6 Å². The fourth-order valence-electron chi connectivity index (χ4n) is 3.59. The van der Waals surface area contributed by atoms with E-state index in [2.05, 4.69) is 10.3 Å². The third kappa shape index (κ3) is 3.62. The van der Waals surface area contributed by atoms with Crippen molar-refractivity contribution in [3.63, 3.8) is 0 Å². The van der Waals surface area contributed by atoms with E-state index in [-0.39, 0.29) is 24.3 Å². The van der Waals surface area contributed by atoms with Crippen LogP contribution in [0.2, 0.25) is 5.02 Å². The van der Waals surface area contributed by atoms with Crippen LogP contribution < -0.4 is 5.32 Å². The number of aromatic nitrogens is 2. The van der Waals surface area contributed by atoms with Crippen LogP contribution in [0, 0.1) is 5.82 Å². The van der Waals surface area contributed by atoms with Gasteiger partial charge in [0.25, 0.3) is 0 Å². The monoisotopic (exact) mass is 401 g/mol. The van der Waals surface area contributed by atoms with Crippen molar-refractivity contribution in [3.8, 4) is 0 Å². The van der Waals surface area contributed by atoms with Gasteiger partial charge in [-0.2, -0.15) is 0 Å². The van der Waals surface area contributed by atoms with Crippen LogP contribution in [0.3, 0.4) is 0 Å². The molecule has 2 heterocycles. The molecule has 4 rings (SSSR count). The predicted molar refractivity (Wildman–Crippen MR) is 106 cm³/mol. The Morgan fingerprint density at radius 1 is 1.36 bits per heavy atom. The number of carbonyl (C=O) groups is 1. The molecule has 1 aliphatic rings. The van der Waals surface area contributed by atoms with Crippen LogP contribution in [0.15, 0.2) is 42.5 Å². The van der Waals surface area contributed by atoms with Crippen LogP contribution in [0.4, 0.5) is 4.39 Å². The van der Waals surface area contributed by atoms with E-state index in [0.717, 1.165) is 23.9 Å². The summed E-state index contributed by atoms with van der Waals surface area (Å²) in [6, 6.07) is 11.9. The molecule has 28 heavy (non-hydrogen) atoms. The first-order chi connectivity index (χ1) is 13.5. The predicted octanol–water partition coefficient (Wildman–Crippen LogP) is 4.23. The number of nitrogens with one attached hydrogen (secondary N) is 1. The maximum atomic E-state index is 14.4. The number of carbonyl (C=O) groups excluding carboxylic acids is 1. The highest BCUT2D eigenvalue weighted by molar-refractivity contribution is 6.31. The van der Waals surface area contributed by atoms with Crippen molar-refractivity contribution in [1.29, 1.82) is 0 Å². The van der Waals surface area contributed by atoms with Gasteiger partial charge in [0, 0.05) is 17.2 Å². The molecule has 2 atom stereocenters. The molecule has 0 spiro atoms. The number of amides is 1. The minimum Gasteiger partial charge on any atom is -0.368 e. The molecule has 1 aromatic heterocycles. The molecule has 146 valence electrons. The normalized spacial score (nSPS) is 17.8. The Kier molecular flexibility index (Phi) is 5.33. The van der Waals surface area contributed by atoms with Crippen LogP contribution in [0.1, 0.15) is 37.2 Å². The van der Waals surface area contributed by atoms with Gasteiger partial charge in [0.1, 0.15) is 17.7 Å². The van der Waals surface area contributed by atoms with Crippen molar-refractivity contribution in [2.75, 3.05) is 6.61 Å². The number of halogens is 2. The summed E-state index contributed by atoms with van der Waals surface area (Å²) in [5, 5.41) is 3.34. The maximum absolute atomic E-state index is 14.4. The number of benzene rings is 2. The van der Waals surface area contributed by atoms with E-state index < -0.39 is 6.10 Å². The SMILES string of the molecule is CC(NC(=O)C1CCCO1)c1nc2ccccc2n1Cc1c(F)cccc1Cl. The lowest BCUT2D eigenvalue weighted by atomic mass is 10.2. The Hall–Kier alpha value is -2.44. The molecule has 0 saturated carbocycles. The number of rotatable bonds is 5. The molecule has 1 fully saturated rings. The Labute approximate surface area is 167 Å². The summed E-state index contributed by atoms with van der Waals surface area (Å²) in [4.78, 5) is 17.2. The summed E-state index contributed by atoms with van der Waals surface area (Å²) in [6.45, 7) is 2.70. The van der Waals surface area contributed by atoms with E-state index in [9.17, 15) is 9.18 Å². The van der Waals surface area contributed by atoms with Crippen LogP contribution in [0.25, 0.3) is 11.0 Å². The van der Waals surface area contributed by atoms with Crippen molar-refractivity contribution >= 4 is 28.5 Å². The van der Waals surface area contributed by atoms with E-state index in [0.29, 0.717) is 23.0 Å². The maximum Gasteiger partial charge on any atom is 0.249 e. The molecule has 7 heteroatoms. The zero-order chi connectivity index (χ0) is 19.7. The summed E-state index contributed by atoms with van der Waals surface area (Å²) in [5.41, 5.74) is 2.03. The average molecular weight is 402 g/mol. The highest BCUT2D eigenvalue weighted by Gasteiger charge is 2.27. The molecule has 1 saturated heterocycles. The van der Waals surface area contributed by atoms with E-state index in [1.54, 1.807) is 12.1 Å². The van der Waals surface area contributed by atoms with Gasteiger partial charge in [-0.1, -0.05) is 29.8 Å². The first kappa shape index (κ1) is 18.9. The van der Waals surface area contributed by atoms with E-state index in [4.69, 9.17) is 16.3 Å². The molecular weight excluding hydrogens is 381 g/mol. The second-order valence-electron chi connectivity index (χ2n) is 6.98. The Morgan fingerprint density at radius 3 is 2.93 bits per heavy atom. The molecule has 3 aromatic rings. The second kappa shape index (κ2) is 7.89. The fraction of sp³-hybridized carbons (Fsp3) is 0.333. The number of imidazole rings is 1. The standard InChI is InChI=1S/C21H21ClFN3O2/c1-13(24-21(27)19-10-5-11-28-19)20-25-17-8-2-3-9-18(17)26(20)12-14-15(22)6-4-7-16(14)23/h2-4,6-9,13,19H,5,10-12H2,1H3,(H,24,27). The van der Waals surface area contributed by atoms with Crippen LogP contribution >= 0.6 is 11.6 Å². The number of hydrogen-bond donors (Lipinski definition) is 1. The summed E-state index contributed by atoms with van der Waals surface area (Å²) in [6.07, 6.45) is 1.19. The van der Waals surface area contributed by atoms with E-state index >= 15 is 0 Å². The number of fused-ring (bicyclic) bond motifs is 1. The van der Waals surface area contributed by atoms with Crippen molar-refractivity contribution in [3.05, 3.63) is 64.7 Å². The minimum atomic E-state index is -0.415. The molecule has 1 aliphatic heterocycles. The number of para-hydroxylation sites is 2. The third-order valence-electron chi connectivity index (χ3n) is 5.03. The molecule has 0 radical (unpaired) electrons. The third-order valence-corrected chi connectivity index (χ3v) is 5.38. The van der Waals surface area contributed by atoms with Crippen molar-refractivity contribution in [2.24, 2.45) is 0 Å². The second-order valence-corrected chi connectivity index (χ2v) is 7.38. The van der Waals surface area contributed by atoms with Crippen molar-refractivity contribution in [2.45, 2.75) is 38.5 Å². The Morgan fingerprint density at radius 2 is 2.18 bits per heavy atom. The van der Waals surface area contributed by atoms with Crippen molar-refractivity contribution in [1.82, 2.24) is 14.9 Å². The highest BCUT2D eigenvalue weighted by atomic mass is 35.5. The summed E-state index contributed by atoms with van der Waals surface area (Å²) < 4.78 is 21.7. The molecule has 2 aromatic carbocycles. The zero-order valence-electron chi connectivity index (χ0n) is 15.5. The average Bonchev–Trinajstić information content (AvgIpc) is 3.33.